The summed E-state index contributed by atoms with van der Waals surface area (Å²) in [5, 5.41) is 3.05. The first kappa shape index (κ1) is 15.4. The third-order valence-corrected chi connectivity index (χ3v) is 3.29. The molecule has 2 rings (SSSR count). The van der Waals surface area contributed by atoms with Gasteiger partial charge in [0, 0.05) is 33.2 Å². The molecule has 0 bridgehead atoms. The van der Waals surface area contributed by atoms with Gasteiger partial charge >= 0.3 is 6.09 Å². The van der Waals surface area contributed by atoms with Crippen LogP contribution in [0.15, 0.2) is 18.3 Å². The maximum absolute atomic E-state index is 12.0. The van der Waals surface area contributed by atoms with Gasteiger partial charge < -0.3 is 19.9 Å². The Morgan fingerprint density at radius 1 is 1.24 bits per heavy atom. The Morgan fingerprint density at radius 2 is 1.90 bits per heavy atom. The van der Waals surface area contributed by atoms with Gasteiger partial charge in [-0.05, 0) is 32.9 Å². The Bertz CT molecular complexity index is 473. The predicted molar refractivity (Wildman–Crippen MR) is 83.8 cm³/mol. The van der Waals surface area contributed by atoms with Gasteiger partial charge in [0.1, 0.15) is 11.4 Å². The summed E-state index contributed by atoms with van der Waals surface area (Å²) >= 11 is 0. The lowest BCUT2D eigenvalue weighted by Gasteiger charge is -2.36. The maximum atomic E-state index is 12.0. The van der Waals surface area contributed by atoms with E-state index in [0.717, 1.165) is 24.6 Å². The van der Waals surface area contributed by atoms with Crippen molar-refractivity contribution in [2.24, 2.45) is 0 Å². The van der Waals surface area contributed by atoms with Crippen LogP contribution in [-0.4, -0.2) is 54.8 Å². The van der Waals surface area contributed by atoms with Gasteiger partial charge in [-0.15, -0.1) is 0 Å². The molecule has 0 unspecified atom stereocenters. The zero-order valence-corrected chi connectivity index (χ0v) is 13.2. The van der Waals surface area contributed by atoms with E-state index >= 15 is 0 Å². The monoisotopic (exact) mass is 292 g/mol. The average molecular weight is 292 g/mol. The summed E-state index contributed by atoms with van der Waals surface area (Å²) < 4.78 is 5.39. The Kier molecular flexibility index (Phi) is 4.55. The molecule has 1 N–H and O–H groups in total. The highest BCUT2D eigenvalue weighted by molar-refractivity contribution is 5.68. The van der Waals surface area contributed by atoms with Gasteiger partial charge in [0.15, 0.2) is 0 Å². The minimum atomic E-state index is -0.446. The van der Waals surface area contributed by atoms with E-state index in [1.165, 1.54) is 0 Å². The molecule has 1 aliphatic heterocycles. The molecule has 0 aromatic carbocycles. The molecule has 21 heavy (non-hydrogen) atoms. The zero-order valence-electron chi connectivity index (χ0n) is 13.2. The van der Waals surface area contributed by atoms with Crippen molar-refractivity contribution in [3.63, 3.8) is 0 Å². The van der Waals surface area contributed by atoms with Gasteiger partial charge in [-0.25, -0.2) is 9.78 Å². The molecule has 116 valence electrons. The maximum Gasteiger partial charge on any atom is 0.410 e. The number of hydrogen-bond acceptors (Lipinski definition) is 5. The molecule has 0 atom stereocenters. The fourth-order valence-electron chi connectivity index (χ4n) is 2.17. The number of pyridine rings is 1. The Hall–Kier alpha value is -1.98. The summed E-state index contributed by atoms with van der Waals surface area (Å²) in [5.41, 5.74) is 0.546. The van der Waals surface area contributed by atoms with E-state index in [1.54, 1.807) is 4.90 Å². The Labute approximate surface area is 126 Å². The number of rotatable bonds is 2. The fraction of sp³-hybridized carbons (Fsp3) is 0.600. The fourth-order valence-corrected chi connectivity index (χ4v) is 2.17. The quantitative estimate of drug-likeness (QED) is 0.905. The van der Waals surface area contributed by atoms with E-state index in [2.05, 4.69) is 15.2 Å². The van der Waals surface area contributed by atoms with Crippen molar-refractivity contribution in [3.8, 4) is 0 Å². The predicted octanol–water partition coefficient (Wildman–Crippen LogP) is 2.18. The van der Waals surface area contributed by atoms with Crippen LogP contribution in [0.2, 0.25) is 0 Å². The second-order valence-corrected chi connectivity index (χ2v) is 6.11. The SMILES string of the molecule is CNc1ccc(N2CCN(C(=O)OC(C)(C)C)CC2)nc1. The highest BCUT2D eigenvalue weighted by Crippen LogP contribution is 2.17. The van der Waals surface area contributed by atoms with Crippen LogP contribution in [0.3, 0.4) is 0 Å². The summed E-state index contributed by atoms with van der Waals surface area (Å²) in [6.07, 6.45) is 1.58. The molecule has 0 saturated carbocycles. The van der Waals surface area contributed by atoms with Crippen molar-refractivity contribution >= 4 is 17.6 Å². The molecule has 1 aliphatic rings. The van der Waals surface area contributed by atoms with E-state index in [1.807, 2.05) is 46.1 Å². The number of amides is 1. The lowest BCUT2D eigenvalue weighted by molar-refractivity contribution is 0.0240. The van der Waals surface area contributed by atoms with Crippen LogP contribution in [0.5, 0.6) is 0 Å². The van der Waals surface area contributed by atoms with Gasteiger partial charge in [0.25, 0.3) is 0 Å². The zero-order chi connectivity index (χ0) is 15.5. The van der Waals surface area contributed by atoms with Crippen LogP contribution in [0.25, 0.3) is 0 Å². The minimum Gasteiger partial charge on any atom is -0.444 e. The van der Waals surface area contributed by atoms with Crippen LogP contribution in [0.1, 0.15) is 20.8 Å². The normalized spacial score (nSPS) is 15.8. The molecule has 1 aromatic heterocycles. The smallest absolute Gasteiger partial charge is 0.410 e. The summed E-state index contributed by atoms with van der Waals surface area (Å²) in [6.45, 7) is 8.50. The molecule has 6 nitrogen and oxygen atoms in total. The van der Waals surface area contributed by atoms with Crippen molar-refractivity contribution in [1.29, 1.82) is 0 Å². The first-order valence-corrected chi connectivity index (χ1v) is 7.26. The van der Waals surface area contributed by atoms with Crippen molar-refractivity contribution in [1.82, 2.24) is 9.88 Å². The summed E-state index contributed by atoms with van der Waals surface area (Å²) in [7, 11) is 1.87. The molecule has 0 spiro atoms. The van der Waals surface area contributed by atoms with Crippen LogP contribution >= 0.6 is 0 Å². The van der Waals surface area contributed by atoms with E-state index in [4.69, 9.17) is 4.74 Å². The first-order valence-electron chi connectivity index (χ1n) is 7.26. The standard InChI is InChI=1S/C15H24N4O2/c1-15(2,3)21-14(20)19-9-7-18(8-10-19)13-6-5-12(16-4)11-17-13/h5-6,11,16H,7-10H2,1-4H3. The van der Waals surface area contributed by atoms with E-state index < -0.39 is 5.60 Å². The van der Waals surface area contributed by atoms with Gasteiger partial charge in [-0.3, -0.25) is 0 Å². The number of anilines is 2. The molecule has 0 aliphatic carbocycles. The molecule has 1 amide bonds. The largest absolute Gasteiger partial charge is 0.444 e. The second-order valence-electron chi connectivity index (χ2n) is 6.11. The molecule has 6 heteroatoms. The van der Waals surface area contributed by atoms with Crippen molar-refractivity contribution < 1.29 is 9.53 Å². The van der Waals surface area contributed by atoms with Crippen LogP contribution in [0, 0.1) is 0 Å². The van der Waals surface area contributed by atoms with Crippen molar-refractivity contribution in [2.45, 2.75) is 26.4 Å². The lowest BCUT2D eigenvalue weighted by atomic mass is 10.2. The van der Waals surface area contributed by atoms with E-state index in [-0.39, 0.29) is 6.09 Å². The Balaban J connectivity index is 1.89. The van der Waals surface area contributed by atoms with Crippen molar-refractivity contribution in [2.75, 3.05) is 43.4 Å². The number of piperazine rings is 1. The lowest BCUT2D eigenvalue weighted by Crippen LogP contribution is -2.50. The van der Waals surface area contributed by atoms with Crippen LogP contribution < -0.4 is 10.2 Å². The first-order chi connectivity index (χ1) is 9.89. The Morgan fingerprint density at radius 3 is 2.38 bits per heavy atom. The number of nitrogens with zero attached hydrogens (tertiary/aromatic N) is 3. The highest BCUT2D eigenvalue weighted by Gasteiger charge is 2.26. The van der Waals surface area contributed by atoms with E-state index in [9.17, 15) is 4.79 Å². The van der Waals surface area contributed by atoms with Crippen LogP contribution in [-0.2, 0) is 4.74 Å². The second kappa shape index (κ2) is 6.20. The number of carbonyl (C=O) groups is 1. The number of aromatic nitrogens is 1. The van der Waals surface area contributed by atoms with Gasteiger partial charge in [0.05, 0.1) is 11.9 Å². The summed E-state index contributed by atoms with van der Waals surface area (Å²) in [6, 6.07) is 4.00. The molecule has 2 heterocycles. The molecular weight excluding hydrogens is 268 g/mol. The third kappa shape index (κ3) is 4.24. The van der Waals surface area contributed by atoms with Gasteiger partial charge in [0.2, 0.25) is 0 Å². The molecule has 0 radical (unpaired) electrons. The third-order valence-electron chi connectivity index (χ3n) is 3.29. The average Bonchev–Trinajstić information content (AvgIpc) is 2.46. The molecule has 1 aromatic rings. The van der Waals surface area contributed by atoms with Gasteiger partial charge in [-0.2, -0.15) is 0 Å². The topological polar surface area (TPSA) is 57.7 Å². The summed E-state index contributed by atoms with van der Waals surface area (Å²) in [5.74, 6) is 0.942. The number of carbonyl (C=O) groups excluding carboxylic acids is 1. The van der Waals surface area contributed by atoms with Crippen molar-refractivity contribution in [3.05, 3.63) is 18.3 Å². The minimum absolute atomic E-state index is 0.236. The van der Waals surface area contributed by atoms with E-state index in [0.29, 0.717) is 13.1 Å². The highest BCUT2D eigenvalue weighted by atomic mass is 16.6. The van der Waals surface area contributed by atoms with Gasteiger partial charge in [-0.1, -0.05) is 0 Å². The molecule has 1 saturated heterocycles. The van der Waals surface area contributed by atoms with Crippen LogP contribution in [0.4, 0.5) is 16.3 Å². The number of nitrogens with one attached hydrogen (secondary N) is 1. The molecular formula is C15H24N4O2. The number of ether oxygens (including phenoxy) is 1. The number of hydrogen-bond donors (Lipinski definition) is 1. The molecule has 1 fully saturated rings. The summed E-state index contributed by atoms with van der Waals surface area (Å²) in [4.78, 5) is 20.4.